The minimum atomic E-state index is -2.31. The van der Waals surface area contributed by atoms with Crippen LogP contribution in [0.3, 0.4) is 0 Å². The van der Waals surface area contributed by atoms with Crippen molar-refractivity contribution in [3.8, 4) is 140 Å². The normalized spacial score (nSPS) is 13.0. The summed E-state index contributed by atoms with van der Waals surface area (Å²) in [6, 6.07) is 0. The van der Waals surface area contributed by atoms with Crippen molar-refractivity contribution in [2.24, 2.45) is 0 Å². The Morgan fingerprint density at radius 2 is 0.378 bits per heavy atom. The number of rotatable bonds is 18. The average molecular weight is 1310 g/mol. The van der Waals surface area contributed by atoms with Gasteiger partial charge in [-0.15, -0.1) is 39.7 Å². The van der Waals surface area contributed by atoms with Gasteiger partial charge in [0.1, 0.15) is 48.4 Å². The van der Waals surface area contributed by atoms with Gasteiger partial charge in [0.05, 0.1) is 27.9 Å². The third-order valence-electron chi connectivity index (χ3n) is 21.4. The number of hydrogen-bond donors (Lipinski definition) is 0. The SMILES string of the molecule is C#CC#C/C(C#C[Si](C(C)C)(C(C)C)C(C)C)=C(\C#CC#C/C(C#C[Si](C(C)C)(C(C)C)C(C)C)=C(/C#CC#C/C(C#C[Si](C(C)C)(C(C)C)C(C)C)=C/C#C[Si](C(C)C)(C(C)C)C(C)C)C#C[Si](C(C)C)(C(C)C)C(C)C)C#C[Si](C(C)C)(C(C)C)C(C)C. The standard InChI is InChI=1S/C84H128Si6/c1-38-39-47-81(52-58-87(68(14)15,69(16)17)70(18)19)82(53-59-88(71(20)21,72(22)23)73(24)25)49-42-43-50-84(55-61-90(77(32)33,78(34)35)79(36)37)83(54-60-89(74(26)27,75(28)29)76(30)31)48-41-40-45-80(51-57-86(65(8)9,66(10)11)67(12)13)46-44-56-85(62(2)3,63(4)5)64(6)7/h1,46,62-79H,2-37H3/b80-46-,82-81-,84-83+. The van der Waals surface area contributed by atoms with Gasteiger partial charge in [-0.3, -0.25) is 0 Å². The molecule has 0 aliphatic carbocycles. The molecule has 0 aromatic rings. The molecule has 0 fully saturated rings. The van der Waals surface area contributed by atoms with Crippen LogP contribution in [0.5, 0.6) is 0 Å². The predicted octanol–water partition coefficient (Wildman–Crippen LogP) is 23.5. The van der Waals surface area contributed by atoms with Crippen LogP contribution in [0.15, 0.2) is 33.9 Å². The molecule has 0 aromatic carbocycles. The Morgan fingerprint density at radius 1 is 0.211 bits per heavy atom. The van der Waals surface area contributed by atoms with E-state index in [9.17, 15) is 0 Å². The predicted molar refractivity (Wildman–Crippen MR) is 423 cm³/mol. The molecule has 6 heteroatoms. The zero-order chi connectivity index (χ0) is 70.2. The van der Waals surface area contributed by atoms with Gasteiger partial charge >= 0.3 is 0 Å². The van der Waals surface area contributed by atoms with Gasteiger partial charge in [0.15, 0.2) is 0 Å². The minimum absolute atomic E-state index is 0.387. The summed E-state index contributed by atoms with van der Waals surface area (Å²) in [5, 5.41) is 0. The molecule has 0 bridgehead atoms. The zero-order valence-electron chi connectivity index (χ0n) is 64.5. The fraction of sp³-hybridized carbons (Fsp3) is 0.643. The van der Waals surface area contributed by atoms with Gasteiger partial charge in [0, 0.05) is 6.08 Å². The summed E-state index contributed by atoms with van der Waals surface area (Å²) in [4.78, 5) is 0. The lowest BCUT2D eigenvalue weighted by Crippen LogP contribution is -2.43. The van der Waals surface area contributed by atoms with Crippen molar-refractivity contribution in [2.45, 2.75) is 349 Å². The van der Waals surface area contributed by atoms with Crippen LogP contribution in [0.1, 0.15) is 249 Å². The molecule has 0 amide bonds. The second-order valence-corrected chi connectivity index (χ2v) is 64.8. The molecule has 0 N–H and O–H groups in total. The van der Waals surface area contributed by atoms with Crippen molar-refractivity contribution in [3.05, 3.63) is 33.9 Å². The molecule has 0 heterocycles. The van der Waals surface area contributed by atoms with E-state index in [-0.39, 0.29) is 0 Å². The van der Waals surface area contributed by atoms with Gasteiger partial charge in [-0.2, -0.15) is 0 Å². The van der Waals surface area contributed by atoms with E-state index in [4.69, 9.17) is 6.42 Å². The third-order valence-corrected chi connectivity index (χ3v) is 59.1. The number of terminal acetylenes is 1. The highest BCUT2D eigenvalue weighted by molar-refractivity contribution is 6.93. The van der Waals surface area contributed by atoms with Gasteiger partial charge < -0.3 is 0 Å². The summed E-state index contributed by atoms with van der Waals surface area (Å²) in [5.41, 5.74) is 34.5. The van der Waals surface area contributed by atoms with Gasteiger partial charge in [-0.1, -0.05) is 285 Å². The van der Waals surface area contributed by atoms with E-state index in [1.54, 1.807) is 0 Å². The quantitative estimate of drug-likeness (QED) is 0.0948. The molecule has 0 atom stereocenters. The summed E-state index contributed by atoms with van der Waals surface area (Å²) < 4.78 is 0. The lowest BCUT2D eigenvalue weighted by Gasteiger charge is -2.38. The zero-order valence-corrected chi connectivity index (χ0v) is 70.5. The maximum Gasteiger partial charge on any atom is 0.146 e. The van der Waals surface area contributed by atoms with E-state index in [1.165, 1.54) is 0 Å². The Balaban J connectivity index is 10.7. The molecule has 0 nitrogen and oxygen atoms in total. The first-order chi connectivity index (χ1) is 41.5. The fourth-order valence-electron chi connectivity index (χ4n) is 16.9. The van der Waals surface area contributed by atoms with E-state index in [1.807, 2.05) is 6.08 Å². The number of allylic oxidation sites excluding steroid dienone is 6. The summed E-state index contributed by atoms with van der Waals surface area (Å²) in [6.07, 6.45) is 7.91. The Morgan fingerprint density at radius 3 is 0.567 bits per heavy atom. The Labute approximate surface area is 567 Å². The molecular formula is C84H128Si6. The van der Waals surface area contributed by atoms with Gasteiger partial charge in [0.25, 0.3) is 0 Å². The topological polar surface area (TPSA) is 0 Å². The van der Waals surface area contributed by atoms with Crippen molar-refractivity contribution < 1.29 is 0 Å². The van der Waals surface area contributed by atoms with E-state index < -0.39 is 48.4 Å². The highest BCUT2D eigenvalue weighted by Gasteiger charge is 2.46. The Kier molecular flexibility index (Phi) is 35.8. The molecular weight excluding hydrogens is 1180 g/mol. The monoisotopic (exact) mass is 1300 g/mol. The van der Waals surface area contributed by atoms with Gasteiger partial charge in [0.2, 0.25) is 0 Å². The van der Waals surface area contributed by atoms with Gasteiger partial charge in [-0.05, 0) is 165 Å². The van der Waals surface area contributed by atoms with E-state index in [2.05, 4.69) is 383 Å². The highest BCUT2D eigenvalue weighted by atomic mass is 28.3. The minimum Gasteiger partial charge on any atom is -0.126 e. The van der Waals surface area contributed by atoms with Crippen LogP contribution >= 0.6 is 0 Å². The second-order valence-electron chi connectivity index (χ2n) is 31.4. The molecule has 90 heavy (non-hydrogen) atoms. The van der Waals surface area contributed by atoms with Crippen molar-refractivity contribution in [3.63, 3.8) is 0 Å². The van der Waals surface area contributed by atoms with Crippen molar-refractivity contribution in [2.75, 3.05) is 0 Å². The molecule has 0 saturated heterocycles. The molecule has 488 valence electrons. The van der Waals surface area contributed by atoms with Crippen LogP contribution in [0, 0.1) is 140 Å². The summed E-state index contributed by atoms with van der Waals surface area (Å²) >= 11 is 0. The first-order valence-corrected chi connectivity index (χ1v) is 48.2. The summed E-state index contributed by atoms with van der Waals surface area (Å²) in [6.45, 7) is 84.4. The van der Waals surface area contributed by atoms with Crippen LogP contribution in [-0.4, -0.2) is 48.4 Å². The van der Waals surface area contributed by atoms with E-state index in [0.717, 1.165) is 0 Å². The number of hydrogen-bond acceptors (Lipinski definition) is 0. The fourth-order valence-corrected chi connectivity index (χ4v) is 48.1. The molecule has 0 aliphatic rings. The molecule has 0 radical (unpaired) electrons. The smallest absolute Gasteiger partial charge is 0.126 e. The van der Waals surface area contributed by atoms with Crippen LogP contribution in [0.25, 0.3) is 0 Å². The maximum atomic E-state index is 5.91. The molecule has 0 aliphatic heterocycles. The third kappa shape index (κ3) is 20.4. The molecule has 0 saturated carbocycles. The van der Waals surface area contributed by atoms with Crippen LogP contribution in [-0.2, 0) is 0 Å². The first kappa shape index (κ1) is 85.2. The molecule has 0 aromatic heterocycles. The van der Waals surface area contributed by atoms with Crippen LogP contribution in [0.2, 0.25) is 99.7 Å². The summed E-state index contributed by atoms with van der Waals surface area (Å²) in [5.74, 6) is 58.4. The molecule has 0 spiro atoms. The highest BCUT2D eigenvalue weighted by Crippen LogP contribution is 2.46. The molecule has 0 unspecified atom stereocenters. The van der Waals surface area contributed by atoms with E-state index in [0.29, 0.717) is 128 Å². The Bertz CT molecular complexity index is 3180. The average Bonchev–Trinajstić information content (AvgIpc) is 2.75. The Hall–Kier alpha value is -4.76. The van der Waals surface area contributed by atoms with Crippen LogP contribution in [0.4, 0.5) is 0 Å². The van der Waals surface area contributed by atoms with E-state index >= 15 is 0 Å². The van der Waals surface area contributed by atoms with Crippen molar-refractivity contribution >= 4 is 48.4 Å². The first-order valence-electron chi connectivity index (χ1n) is 34.8. The lowest BCUT2D eigenvalue weighted by atomic mass is 10.1. The van der Waals surface area contributed by atoms with Crippen molar-refractivity contribution in [1.29, 1.82) is 0 Å². The van der Waals surface area contributed by atoms with Gasteiger partial charge in [-0.25, -0.2) is 0 Å². The summed E-state index contributed by atoms with van der Waals surface area (Å²) in [7, 11) is -13.2. The van der Waals surface area contributed by atoms with Crippen molar-refractivity contribution in [1.82, 2.24) is 0 Å². The largest absolute Gasteiger partial charge is 0.146 e. The lowest BCUT2D eigenvalue weighted by molar-refractivity contribution is 0.838. The second kappa shape index (κ2) is 37.8. The maximum absolute atomic E-state index is 5.91. The molecule has 0 rings (SSSR count). The van der Waals surface area contributed by atoms with Crippen LogP contribution < -0.4 is 0 Å².